The number of nitrogens with two attached hydrogens (primary N) is 1. The van der Waals surface area contributed by atoms with Crippen LogP contribution in [0.2, 0.25) is 0 Å². The monoisotopic (exact) mass is 315 g/mol. The second-order valence-corrected chi connectivity index (χ2v) is 7.03. The zero-order valence-electron chi connectivity index (χ0n) is 11.7. The highest BCUT2D eigenvalue weighted by Gasteiger charge is 2.18. The number of carbonyl (C=O) groups excluding carboxylic acids is 1. The smallest absolute Gasteiger partial charge is 0.274 e. The molecule has 0 aliphatic carbocycles. The van der Waals surface area contributed by atoms with Gasteiger partial charge in [0.25, 0.3) is 5.69 Å². The third-order valence-corrected chi connectivity index (χ3v) is 3.79. The van der Waals surface area contributed by atoms with Gasteiger partial charge in [-0.2, -0.15) is 0 Å². The number of anilines is 1. The molecule has 0 radical (unpaired) electrons. The highest BCUT2D eigenvalue weighted by Crippen LogP contribution is 2.22. The van der Waals surface area contributed by atoms with E-state index in [-0.39, 0.29) is 23.5 Å². The molecule has 1 aromatic rings. The van der Waals surface area contributed by atoms with Gasteiger partial charge in [0, 0.05) is 23.6 Å². The Morgan fingerprint density at radius 3 is 2.62 bits per heavy atom. The van der Waals surface area contributed by atoms with Crippen LogP contribution in [0.3, 0.4) is 0 Å². The molecule has 1 atom stereocenters. The van der Waals surface area contributed by atoms with E-state index >= 15 is 0 Å². The number of nitrogens with one attached hydrogen (secondary N) is 1. The first-order chi connectivity index (χ1) is 9.60. The molecule has 21 heavy (non-hydrogen) atoms. The lowest BCUT2D eigenvalue weighted by molar-refractivity contribution is -0.385. The van der Waals surface area contributed by atoms with Gasteiger partial charge in [-0.05, 0) is 19.4 Å². The van der Waals surface area contributed by atoms with Crippen LogP contribution in [0, 0.1) is 17.0 Å². The number of benzene rings is 1. The molecular formula is C12H17N3O5S. The molecule has 1 rings (SSSR count). The van der Waals surface area contributed by atoms with Crippen molar-refractivity contribution in [3.05, 3.63) is 33.9 Å². The van der Waals surface area contributed by atoms with Gasteiger partial charge in [0.2, 0.25) is 5.91 Å². The number of nitro groups is 1. The Balaban J connectivity index is 2.75. The number of amides is 1. The molecule has 1 aromatic carbocycles. The molecule has 0 aliphatic heterocycles. The average molecular weight is 315 g/mol. The number of rotatable bonds is 6. The van der Waals surface area contributed by atoms with Crippen molar-refractivity contribution < 1.29 is 18.1 Å². The van der Waals surface area contributed by atoms with Crippen LogP contribution in [0.5, 0.6) is 0 Å². The van der Waals surface area contributed by atoms with Crippen molar-refractivity contribution in [1.29, 1.82) is 0 Å². The number of sulfone groups is 1. The SMILES string of the molecule is Cc1ccc(NC(=O)C(N)CCS(C)(=O)=O)cc1[N+](=O)[O-]. The first-order valence-electron chi connectivity index (χ1n) is 6.09. The maximum Gasteiger partial charge on any atom is 0.274 e. The molecule has 0 aromatic heterocycles. The van der Waals surface area contributed by atoms with E-state index < -0.39 is 26.7 Å². The molecule has 0 heterocycles. The number of nitro benzene ring substituents is 1. The summed E-state index contributed by atoms with van der Waals surface area (Å²) in [7, 11) is -3.20. The maximum atomic E-state index is 11.8. The third kappa shape index (κ3) is 5.48. The topological polar surface area (TPSA) is 132 Å². The summed E-state index contributed by atoms with van der Waals surface area (Å²) in [6.45, 7) is 1.58. The highest BCUT2D eigenvalue weighted by atomic mass is 32.2. The zero-order valence-corrected chi connectivity index (χ0v) is 12.5. The largest absolute Gasteiger partial charge is 0.324 e. The van der Waals surface area contributed by atoms with Crippen molar-refractivity contribution in [3.63, 3.8) is 0 Å². The van der Waals surface area contributed by atoms with E-state index in [4.69, 9.17) is 5.73 Å². The van der Waals surface area contributed by atoms with Crippen LogP contribution in [0.25, 0.3) is 0 Å². The van der Waals surface area contributed by atoms with E-state index in [9.17, 15) is 23.3 Å². The summed E-state index contributed by atoms with van der Waals surface area (Å²) in [6.07, 6.45) is 1.04. The molecular weight excluding hydrogens is 298 g/mol. The Morgan fingerprint density at radius 2 is 2.10 bits per heavy atom. The summed E-state index contributed by atoms with van der Waals surface area (Å²) in [5, 5.41) is 13.2. The van der Waals surface area contributed by atoms with Gasteiger partial charge in [-0.25, -0.2) is 8.42 Å². The first-order valence-corrected chi connectivity index (χ1v) is 8.15. The lowest BCUT2D eigenvalue weighted by atomic mass is 10.1. The van der Waals surface area contributed by atoms with Crippen LogP contribution < -0.4 is 11.1 Å². The molecule has 8 nitrogen and oxygen atoms in total. The number of nitrogens with zero attached hydrogens (tertiary/aromatic N) is 1. The fourth-order valence-electron chi connectivity index (χ4n) is 1.59. The van der Waals surface area contributed by atoms with Gasteiger partial charge in [0.05, 0.1) is 16.7 Å². The summed E-state index contributed by atoms with van der Waals surface area (Å²) in [6, 6.07) is 3.26. The molecule has 1 amide bonds. The normalized spacial score (nSPS) is 12.7. The molecule has 0 saturated heterocycles. The fourth-order valence-corrected chi connectivity index (χ4v) is 2.27. The Labute approximate surface area is 122 Å². The van der Waals surface area contributed by atoms with E-state index in [1.165, 1.54) is 18.2 Å². The van der Waals surface area contributed by atoms with Gasteiger partial charge in [0.1, 0.15) is 9.84 Å². The standard InChI is InChI=1S/C12H17N3O5S/c1-8-3-4-9(7-11(8)15(17)18)14-12(16)10(13)5-6-21(2,19)20/h3-4,7,10H,5-6,13H2,1-2H3,(H,14,16). The van der Waals surface area contributed by atoms with Crippen molar-refractivity contribution in [1.82, 2.24) is 0 Å². The lowest BCUT2D eigenvalue weighted by Gasteiger charge is -2.12. The number of carbonyl (C=O) groups is 1. The molecule has 3 N–H and O–H groups in total. The van der Waals surface area contributed by atoms with Crippen molar-refractivity contribution in [2.75, 3.05) is 17.3 Å². The van der Waals surface area contributed by atoms with Gasteiger partial charge in [-0.1, -0.05) is 6.07 Å². The molecule has 116 valence electrons. The van der Waals surface area contributed by atoms with E-state index in [2.05, 4.69) is 5.32 Å². The van der Waals surface area contributed by atoms with Gasteiger partial charge in [-0.3, -0.25) is 14.9 Å². The summed E-state index contributed by atoms with van der Waals surface area (Å²) in [5.74, 6) is -0.785. The van der Waals surface area contributed by atoms with E-state index in [0.29, 0.717) is 5.56 Å². The minimum absolute atomic E-state index is 0.0153. The predicted molar refractivity (Wildman–Crippen MR) is 78.8 cm³/mol. The second-order valence-electron chi connectivity index (χ2n) is 4.77. The highest BCUT2D eigenvalue weighted by molar-refractivity contribution is 7.90. The Bertz CT molecular complexity index is 657. The minimum atomic E-state index is -3.20. The lowest BCUT2D eigenvalue weighted by Crippen LogP contribution is -2.37. The molecule has 0 spiro atoms. The summed E-state index contributed by atoms with van der Waals surface area (Å²) in [5.41, 5.74) is 6.19. The van der Waals surface area contributed by atoms with Gasteiger partial charge >= 0.3 is 0 Å². The van der Waals surface area contributed by atoms with Crippen LogP contribution in [0.15, 0.2) is 18.2 Å². The third-order valence-electron chi connectivity index (χ3n) is 2.81. The van der Waals surface area contributed by atoms with E-state index in [0.717, 1.165) is 6.26 Å². The number of hydrogen-bond donors (Lipinski definition) is 2. The fraction of sp³-hybridized carbons (Fsp3) is 0.417. The summed E-state index contributed by atoms with van der Waals surface area (Å²) in [4.78, 5) is 22.1. The summed E-state index contributed by atoms with van der Waals surface area (Å²) < 4.78 is 22.0. The molecule has 9 heteroatoms. The first kappa shape index (κ1) is 17.1. The van der Waals surface area contributed by atoms with E-state index in [1.807, 2.05) is 0 Å². The Kier molecular flexibility index (Phi) is 5.39. The molecule has 1 unspecified atom stereocenters. The van der Waals surface area contributed by atoms with Gasteiger partial charge in [0.15, 0.2) is 0 Å². The van der Waals surface area contributed by atoms with Crippen LogP contribution in [0.4, 0.5) is 11.4 Å². The van der Waals surface area contributed by atoms with Crippen LogP contribution >= 0.6 is 0 Å². The van der Waals surface area contributed by atoms with Crippen LogP contribution in [-0.2, 0) is 14.6 Å². The second kappa shape index (κ2) is 6.64. The Morgan fingerprint density at radius 1 is 1.48 bits per heavy atom. The Hall–Kier alpha value is -2.00. The average Bonchev–Trinajstić information content (AvgIpc) is 2.36. The van der Waals surface area contributed by atoms with Crippen molar-refractivity contribution in [2.24, 2.45) is 5.73 Å². The van der Waals surface area contributed by atoms with Gasteiger partial charge in [-0.15, -0.1) is 0 Å². The quantitative estimate of drug-likeness (QED) is 0.583. The number of hydrogen-bond acceptors (Lipinski definition) is 6. The van der Waals surface area contributed by atoms with Crippen LogP contribution in [0.1, 0.15) is 12.0 Å². The van der Waals surface area contributed by atoms with Crippen molar-refractivity contribution in [3.8, 4) is 0 Å². The molecule has 0 fully saturated rings. The zero-order chi connectivity index (χ0) is 16.2. The maximum absolute atomic E-state index is 11.8. The molecule has 0 bridgehead atoms. The predicted octanol–water partition coefficient (Wildman–Crippen LogP) is 0.604. The summed E-state index contributed by atoms with van der Waals surface area (Å²) >= 11 is 0. The van der Waals surface area contributed by atoms with E-state index in [1.54, 1.807) is 6.92 Å². The van der Waals surface area contributed by atoms with Crippen molar-refractivity contribution in [2.45, 2.75) is 19.4 Å². The van der Waals surface area contributed by atoms with Crippen molar-refractivity contribution >= 4 is 27.1 Å². The van der Waals surface area contributed by atoms with Gasteiger partial charge < -0.3 is 11.1 Å². The molecule has 0 saturated carbocycles. The van der Waals surface area contributed by atoms with Crippen LogP contribution in [-0.4, -0.2) is 37.3 Å². The number of aryl methyl sites for hydroxylation is 1. The minimum Gasteiger partial charge on any atom is -0.324 e. The molecule has 0 aliphatic rings.